The summed E-state index contributed by atoms with van der Waals surface area (Å²) in [5, 5.41) is 15.5. The second-order valence-corrected chi connectivity index (χ2v) is 7.44. The van der Waals surface area contributed by atoms with Gasteiger partial charge in [0.15, 0.2) is 5.69 Å². The molecule has 0 unspecified atom stereocenters. The SMILES string of the molecule is CN(Cc1csc(Br)c1)C(=O)NCc1nc(C(=O)O)cs1. The van der Waals surface area contributed by atoms with Gasteiger partial charge in [0.2, 0.25) is 0 Å². The predicted molar refractivity (Wildman–Crippen MR) is 84.8 cm³/mol. The number of carbonyl (C=O) groups excluding carboxylic acids is 1. The Hall–Kier alpha value is -1.45. The van der Waals surface area contributed by atoms with E-state index in [0.29, 0.717) is 11.6 Å². The molecule has 0 saturated carbocycles. The van der Waals surface area contributed by atoms with Gasteiger partial charge in [0, 0.05) is 19.0 Å². The van der Waals surface area contributed by atoms with Crippen molar-refractivity contribution in [3.8, 4) is 0 Å². The number of aromatic nitrogens is 1. The van der Waals surface area contributed by atoms with Gasteiger partial charge in [-0.3, -0.25) is 0 Å². The molecule has 0 bridgehead atoms. The quantitative estimate of drug-likeness (QED) is 0.822. The molecule has 0 saturated heterocycles. The first-order chi connectivity index (χ1) is 9.95. The Morgan fingerprint density at radius 3 is 2.76 bits per heavy atom. The summed E-state index contributed by atoms with van der Waals surface area (Å²) in [4.78, 5) is 28.1. The third-order valence-corrected chi connectivity index (χ3v) is 4.95. The maximum atomic E-state index is 11.9. The van der Waals surface area contributed by atoms with Crippen molar-refractivity contribution in [3.05, 3.63) is 36.9 Å². The Balaban J connectivity index is 1.84. The van der Waals surface area contributed by atoms with Gasteiger partial charge in [0.25, 0.3) is 0 Å². The van der Waals surface area contributed by atoms with Gasteiger partial charge in [-0.1, -0.05) is 0 Å². The second kappa shape index (κ2) is 7.01. The van der Waals surface area contributed by atoms with Crippen LogP contribution in [0.1, 0.15) is 21.1 Å². The van der Waals surface area contributed by atoms with E-state index in [1.807, 2.05) is 11.4 Å². The van der Waals surface area contributed by atoms with Gasteiger partial charge in [-0.05, 0) is 32.9 Å². The zero-order valence-electron chi connectivity index (χ0n) is 11.0. The number of nitrogens with one attached hydrogen (secondary N) is 1. The number of rotatable bonds is 5. The molecule has 2 heterocycles. The largest absolute Gasteiger partial charge is 0.476 e. The molecule has 0 atom stereocenters. The molecule has 2 amide bonds. The summed E-state index contributed by atoms with van der Waals surface area (Å²) in [5.41, 5.74) is 1.05. The zero-order chi connectivity index (χ0) is 15.4. The van der Waals surface area contributed by atoms with Crippen molar-refractivity contribution in [2.24, 2.45) is 0 Å². The van der Waals surface area contributed by atoms with E-state index in [2.05, 4.69) is 26.2 Å². The number of amides is 2. The number of carboxylic acid groups (broad SMARTS) is 1. The van der Waals surface area contributed by atoms with Gasteiger partial charge in [0.05, 0.1) is 10.3 Å². The first-order valence-corrected chi connectivity index (χ1v) is 8.40. The maximum absolute atomic E-state index is 11.9. The number of carboxylic acids is 1. The Morgan fingerprint density at radius 1 is 1.43 bits per heavy atom. The van der Waals surface area contributed by atoms with Crippen LogP contribution in [0.3, 0.4) is 0 Å². The third kappa shape index (κ3) is 4.51. The number of urea groups is 1. The molecule has 2 N–H and O–H groups in total. The number of aromatic carboxylic acids is 1. The molecule has 112 valence electrons. The fraction of sp³-hybridized carbons (Fsp3) is 0.250. The number of carbonyl (C=O) groups is 2. The van der Waals surface area contributed by atoms with E-state index in [1.54, 1.807) is 23.3 Å². The smallest absolute Gasteiger partial charge is 0.355 e. The van der Waals surface area contributed by atoms with E-state index in [9.17, 15) is 9.59 Å². The number of hydrogen-bond donors (Lipinski definition) is 2. The van der Waals surface area contributed by atoms with Crippen LogP contribution in [-0.2, 0) is 13.1 Å². The van der Waals surface area contributed by atoms with E-state index in [-0.39, 0.29) is 18.3 Å². The molecule has 21 heavy (non-hydrogen) atoms. The highest BCUT2D eigenvalue weighted by molar-refractivity contribution is 9.11. The minimum Gasteiger partial charge on any atom is -0.476 e. The summed E-state index contributed by atoms with van der Waals surface area (Å²) in [7, 11) is 1.70. The van der Waals surface area contributed by atoms with Crippen LogP contribution in [-0.4, -0.2) is 34.0 Å². The van der Waals surface area contributed by atoms with Crippen LogP contribution >= 0.6 is 38.6 Å². The Morgan fingerprint density at radius 2 is 2.19 bits per heavy atom. The molecule has 0 aliphatic heterocycles. The monoisotopic (exact) mass is 389 g/mol. The van der Waals surface area contributed by atoms with Gasteiger partial charge in [-0.25, -0.2) is 14.6 Å². The number of halogens is 1. The van der Waals surface area contributed by atoms with Crippen molar-refractivity contribution in [1.82, 2.24) is 15.2 Å². The van der Waals surface area contributed by atoms with Gasteiger partial charge >= 0.3 is 12.0 Å². The van der Waals surface area contributed by atoms with Crippen molar-refractivity contribution in [1.29, 1.82) is 0 Å². The van der Waals surface area contributed by atoms with Crippen LogP contribution in [0.25, 0.3) is 0 Å². The van der Waals surface area contributed by atoms with Crippen molar-refractivity contribution < 1.29 is 14.7 Å². The normalized spacial score (nSPS) is 10.4. The lowest BCUT2D eigenvalue weighted by Gasteiger charge is -2.16. The molecular weight excluding hydrogens is 378 g/mol. The molecule has 2 aromatic rings. The van der Waals surface area contributed by atoms with E-state index in [1.165, 1.54) is 16.7 Å². The highest BCUT2D eigenvalue weighted by atomic mass is 79.9. The standard InChI is InChI=1S/C12H12BrN3O3S2/c1-16(4-7-2-9(13)20-5-7)12(19)14-3-10-15-8(6-21-10)11(17)18/h2,5-6H,3-4H2,1H3,(H,14,19)(H,17,18). The molecule has 0 aromatic carbocycles. The molecule has 0 aliphatic carbocycles. The van der Waals surface area contributed by atoms with E-state index >= 15 is 0 Å². The zero-order valence-corrected chi connectivity index (χ0v) is 14.2. The van der Waals surface area contributed by atoms with Crippen LogP contribution in [0, 0.1) is 0 Å². The molecular formula is C12H12BrN3O3S2. The van der Waals surface area contributed by atoms with Gasteiger partial charge in [-0.2, -0.15) is 0 Å². The minimum absolute atomic E-state index is 0.000673. The lowest BCUT2D eigenvalue weighted by Crippen LogP contribution is -2.36. The summed E-state index contributed by atoms with van der Waals surface area (Å²) in [6.45, 7) is 0.723. The maximum Gasteiger partial charge on any atom is 0.355 e. The predicted octanol–water partition coefficient (Wildman–Crippen LogP) is 3.01. The average Bonchev–Trinajstić information content (AvgIpc) is 3.05. The van der Waals surface area contributed by atoms with Crippen molar-refractivity contribution in [2.45, 2.75) is 13.1 Å². The van der Waals surface area contributed by atoms with E-state index in [0.717, 1.165) is 9.35 Å². The van der Waals surface area contributed by atoms with Crippen molar-refractivity contribution in [2.75, 3.05) is 7.05 Å². The lowest BCUT2D eigenvalue weighted by molar-refractivity contribution is 0.0691. The minimum atomic E-state index is -1.07. The Labute approximate surface area is 137 Å². The number of hydrogen-bond acceptors (Lipinski definition) is 5. The highest BCUT2D eigenvalue weighted by Crippen LogP contribution is 2.21. The van der Waals surface area contributed by atoms with E-state index < -0.39 is 5.97 Å². The number of thiophene rings is 1. The first-order valence-electron chi connectivity index (χ1n) is 5.85. The van der Waals surface area contributed by atoms with Crippen molar-refractivity contribution in [3.63, 3.8) is 0 Å². The summed E-state index contributed by atoms with van der Waals surface area (Å²) in [6, 6.07) is 1.73. The third-order valence-electron chi connectivity index (χ3n) is 2.55. The summed E-state index contributed by atoms with van der Waals surface area (Å²) >= 11 is 6.16. The fourth-order valence-corrected chi connectivity index (χ4v) is 3.46. The second-order valence-electron chi connectivity index (χ2n) is 4.21. The molecule has 0 spiro atoms. The van der Waals surface area contributed by atoms with Gasteiger partial charge in [0.1, 0.15) is 5.01 Å². The molecule has 9 heteroatoms. The van der Waals surface area contributed by atoms with Gasteiger partial charge in [-0.15, -0.1) is 22.7 Å². The van der Waals surface area contributed by atoms with Crippen LogP contribution < -0.4 is 5.32 Å². The molecule has 6 nitrogen and oxygen atoms in total. The molecule has 0 fully saturated rings. The number of thiazole rings is 1. The summed E-state index contributed by atoms with van der Waals surface area (Å²) < 4.78 is 1.02. The Bertz CT molecular complexity index is 656. The van der Waals surface area contributed by atoms with E-state index in [4.69, 9.17) is 5.11 Å². The van der Waals surface area contributed by atoms with Crippen molar-refractivity contribution >= 4 is 50.6 Å². The number of nitrogens with zero attached hydrogens (tertiary/aromatic N) is 2. The topological polar surface area (TPSA) is 82.5 Å². The summed E-state index contributed by atoms with van der Waals surface area (Å²) in [5.74, 6) is -1.07. The van der Waals surface area contributed by atoms with Crippen LogP contribution in [0.5, 0.6) is 0 Å². The molecule has 0 aliphatic rings. The van der Waals surface area contributed by atoms with Crippen LogP contribution in [0.2, 0.25) is 0 Å². The fourth-order valence-electron chi connectivity index (χ4n) is 1.55. The highest BCUT2D eigenvalue weighted by Gasteiger charge is 2.12. The average molecular weight is 390 g/mol. The molecule has 0 radical (unpaired) electrons. The summed E-state index contributed by atoms with van der Waals surface area (Å²) in [6.07, 6.45) is 0. The molecule has 2 aromatic heterocycles. The molecule has 2 rings (SSSR count). The van der Waals surface area contributed by atoms with Crippen LogP contribution in [0.4, 0.5) is 4.79 Å². The Kier molecular flexibility index (Phi) is 5.32. The lowest BCUT2D eigenvalue weighted by atomic mass is 10.3. The first kappa shape index (κ1) is 15.9. The van der Waals surface area contributed by atoms with Gasteiger partial charge < -0.3 is 15.3 Å². The van der Waals surface area contributed by atoms with Crippen LogP contribution in [0.15, 0.2) is 20.6 Å².